The number of nitrogens with two attached hydrogens (primary N) is 1. The van der Waals surface area contributed by atoms with Gasteiger partial charge in [-0.25, -0.2) is 0 Å². The second-order valence-electron chi connectivity index (χ2n) is 3.43. The van der Waals surface area contributed by atoms with E-state index in [9.17, 15) is 18.0 Å². The molecule has 6 nitrogen and oxygen atoms in total. The zero-order chi connectivity index (χ0) is 14.0. The maximum Gasteiger partial charge on any atom is 0.573 e. The Kier molecular flexibility index (Phi) is 3.11. The molecule has 1 aromatic heterocycles. The highest BCUT2D eigenvalue weighted by Gasteiger charge is 2.33. The summed E-state index contributed by atoms with van der Waals surface area (Å²) < 4.78 is 40.7. The molecule has 0 atom stereocenters. The lowest BCUT2D eigenvalue weighted by atomic mass is 10.1. The molecule has 0 aliphatic carbocycles. The van der Waals surface area contributed by atoms with Crippen LogP contribution in [0.3, 0.4) is 0 Å². The Morgan fingerprint density at radius 1 is 1.26 bits per heavy atom. The van der Waals surface area contributed by atoms with E-state index in [-0.39, 0.29) is 17.0 Å². The van der Waals surface area contributed by atoms with Gasteiger partial charge in [-0.2, -0.15) is 15.4 Å². The molecule has 2 aromatic rings. The number of carbonyl (C=O) groups is 1. The molecule has 1 amide bonds. The molecule has 0 spiro atoms. The van der Waals surface area contributed by atoms with Crippen LogP contribution >= 0.6 is 0 Å². The SMILES string of the molecule is NC(=O)c1n[nH]nc1-c1ccccc1OC(F)(F)F. The molecule has 0 radical (unpaired) electrons. The van der Waals surface area contributed by atoms with Crippen molar-refractivity contribution in [2.45, 2.75) is 6.36 Å². The quantitative estimate of drug-likeness (QED) is 0.884. The second kappa shape index (κ2) is 4.59. The summed E-state index contributed by atoms with van der Waals surface area (Å²) in [6.45, 7) is 0. The molecule has 0 bridgehead atoms. The molecule has 0 saturated heterocycles. The van der Waals surface area contributed by atoms with Crippen LogP contribution in [0, 0.1) is 0 Å². The number of halogens is 3. The molecule has 0 fully saturated rings. The molecular weight excluding hydrogens is 265 g/mol. The summed E-state index contributed by atoms with van der Waals surface area (Å²) in [4.78, 5) is 11.1. The highest BCUT2D eigenvalue weighted by molar-refractivity contribution is 5.97. The number of para-hydroxylation sites is 1. The van der Waals surface area contributed by atoms with E-state index < -0.39 is 18.0 Å². The third kappa shape index (κ3) is 2.81. The van der Waals surface area contributed by atoms with E-state index in [4.69, 9.17) is 5.73 Å². The van der Waals surface area contributed by atoms with Crippen LogP contribution in [0.5, 0.6) is 5.75 Å². The van der Waals surface area contributed by atoms with E-state index >= 15 is 0 Å². The average molecular weight is 272 g/mol. The summed E-state index contributed by atoms with van der Waals surface area (Å²) in [5.41, 5.74) is 4.64. The molecule has 0 unspecified atom stereocenters. The number of ether oxygens (including phenoxy) is 1. The fraction of sp³-hybridized carbons (Fsp3) is 0.100. The van der Waals surface area contributed by atoms with Gasteiger partial charge in [0.25, 0.3) is 5.91 Å². The van der Waals surface area contributed by atoms with Gasteiger partial charge in [0.15, 0.2) is 5.69 Å². The fourth-order valence-corrected chi connectivity index (χ4v) is 1.47. The van der Waals surface area contributed by atoms with Crippen molar-refractivity contribution < 1.29 is 22.7 Å². The summed E-state index contributed by atoms with van der Waals surface area (Å²) in [6, 6.07) is 5.24. The minimum Gasteiger partial charge on any atom is -0.405 e. The summed E-state index contributed by atoms with van der Waals surface area (Å²) in [7, 11) is 0. The van der Waals surface area contributed by atoms with E-state index in [1.165, 1.54) is 18.2 Å². The summed E-state index contributed by atoms with van der Waals surface area (Å²) in [5.74, 6) is -1.41. The number of rotatable bonds is 3. The number of aromatic nitrogens is 3. The molecule has 0 saturated carbocycles. The molecule has 3 N–H and O–H groups in total. The van der Waals surface area contributed by atoms with E-state index in [1.807, 2.05) is 0 Å². The monoisotopic (exact) mass is 272 g/mol. The normalized spacial score (nSPS) is 11.3. The fourth-order valence-electron chi connectivity index (χ4n) is 1.47. The minimum absolute atomic E-state index is 0.0395. The Labute approximate surface area is 104 Å². The number of carbonyl (C=O) groups excluding carboxylic acids is 1. The maximum absolute atomic E-state index is 12.3. The summed E-state index contributed by atoms with van der Waals surface area (Å²) >= 11 is 0. The summed E-state index contributed by atoms with van der Waals surface area (Å²) in [5, 5.41) is 9.23. The van der Waals surface area contributed by atoms with Gasteiger partial charge in [0.05, 0.1) is 0 Å². The van der Waals surface area contributed by atoms with Crippen molar-refractivity contribution in [3.05, 3.63) is 30.0 Å². The minimum atomic E-state index is -4.85. The molecule has 0 aliphatic heterocycles. The number of aromatic amines is 1. The van der Waals surface area contributed by atoms with Crippen molar-refractivity contribution in [2.24, 2.45) is 5.73 Å². The predicted octanol–water partition coefficient (Wildman–Crippen LogP) is 1.47. The van der Waals surface area contributed by atoms with Gasteiger partial charge in [0.1, 0.15) is 11.4 Å². The van der Waals surface area contributed by atoms with Gasteiger partial charge >= 0.3 is 6.36 Å². The van der Waals surface area contributed by atoms with E-state index in [0.717, 1.165) is 6.07 Å². The first kappa shape index (κ1) is 12.9. The molecule has 100 valence electrons. The third-order valence-corrected chi connectivity index (χ3v) is 2.15. The predicted molar refractivity (Wildman–Crippen MR) is 57.0 cm³/mol. The van der Waals surface area contributed by atoms with Gasteiger partial charge < -0.3 is 10.5 Å². The summed E-state index contributed by atoms with van der Waals surface area (Å²) in [6.07, 6.45) is -4.85. The Balaban J connectivity index is 2.50. The standard InChI is InChI=1S/C10H7F3N4O2/c11-10(12,13)19-6-4-2-1-3-5(6)7-8(9(14)18)16-17-15-7/h1-4H,(H2,14,18)(H,15,16,17). The number of alkyl halides is 3. The zero-order valence-electron chi connectivity index (χ0n) is 9.23. The van der Waals surface area contributed by atoms with Gasteiger partial charge in [-0.1, -0.05) is 12.1 Å². The first-order valence-electron chi connectivity index (χ1n) is 4.94. The first-order chi connectivity index (χ1) is 8.88. The Hall–Kier alpha value is -2.58. The Bertz CT molecular complexity index is 609. The molecule has 19 heavy (non-hydrogen) atoms. The van der Waals surface area contributed by atoms with E-state index in [0.29, 0.717) is 0 Å². The van der Waals surface area contributed by atoms with Gasteiger partial charge in [-0.3, -0.25) is 4.79 Å². The van der Waals surface area contributed by atoms with Crippen LogP contribution in [-0.2, 0) is 0 Å². The van der Waals surface area contributed by atoms with Crippen LogP contribution in [0.2, 0.25) is 0 Å². The van der Waals surface area contributed by atoms with Crippen LogP contribution in [-0.4, -0.2) is 27.7 Å². The molecular formula is C10H7F3N4O2. The number of nitrogens with one attached hydrogen (secondary N) is 1. The first-order valence-corrected chi connectivity index (χ1v) is 4.94. The smallest absolute Gasteiger partial charge is 0.405 e. The molecule has 0 aliphatic rings. The van der Waals surface area contributed by atoms with Crippen molar-refractivity contribution in [3.63, 3.8) is 0 Å². The highest BCUT2D eigenvalue weighted by atomic mass is 19.4. The highest BCUT2D eigenvalue weighted by Crippen LogP contribution is 2.33. The lowest BCUT2D eigenvalue weighted by Gasteiger charge is -2.11. The van der Waals surface area contributed by atoms with Crippen molar-refractivity contribution in [2.75, 3.05) is 0 Å². The van der Waals surface area contributed by atoms with E-state index in [2.05, 4.69) is 20.1 Å². The number of H-pyrrole nitrogens is 1. The number of primary amides is 1. The van der Waals surface area contributed by atoms with Gasteiger partial charge in [-0.15, -0.1) is 13.2 Å². The number of hydrogen-bond acceptors (Lipinski definition) is 4. The Morgan fingerprint density at radius 2 is 1.95 bits per heavy atom. The van der Waals surface area contributed by atoms with Crippen molar-refractivity contribution in [1.29, 1.82) is 0 Å². The molecule has 1 heterocycles. The van der Waals surface area contributed by atoms with Crippen LogP contribution in [0.1, 0.15) is 10.5 Å². The third-order valence-electron chi connectivity index (χ3n) is 2.15. The Morgan fingerprint density at radius 3 is 2.58 bits per heavy atom. The van der Waals surface area contributed by atoms with Crippen LogP contribution in [0.4, 0.5) is 13.2 Å². The van der Waals surface area contributed by atoms with Crippen molar-refractivity contribution in [1.82, 2.24) is 15.4 Å². The van der Waals surface area contributed by atoms with Gasteiger partial charge in [0, 0.05) is 5.56 Å². The number of benzene rings is 1. The largest absolute Gasteiger partial charge is 0.573 e. The maximum atomic E-state index is 12.3. The second-order valence-corrected chi connectivity index (χ2v) is 3.43. The van der Waals surface area contributed by atoms with Crippen LogP contribution in [0.15, 0.2) is 24.3 Å². The number of amides is 1. The average Bonchev–Trinajstić information content (AvgIpc) is 2.76. The molecule has 9 heteroatoms. The van der Waals surface area contributed by atoms with Crippen molar-refractivity contribution >= 4 is 5.91 Å². The number of nitrogens with zero attached hydrogens (tertiary/aromatic N) is 2. The number of hydrogen-bond donors (Lipinski definition) is 2. The van der Waals surface area contributed by atoms with Gasteiger partial charge in [0.2, 0.25) is 0 Å². The zero-order valence-corrected chi connectivity index (χ0v) is 9.23. The lowest BCUT2D eigenvalue weighted by Crippen LogP contribution is -2.18. The van der Waals surface area contributed by atoms with E-state index in [1.54, 1.807) is 0 Å². The topological polar surface area (TPSA) is 93.9 Å². The van der Waals surface area contributed by atoms with Crippen molar-refractivity contribution in [3.8, 4) is 17.0 Å². The van der Waals surface area contributed by atoms with Crippen LogP contribution < -0.4 is 10.5 Å². The molecule has 2 rings (SSSR count). The van der Waals surface area contributed by atoms with Gasteiger partial charge in [-0.05, 0) is 12.1 Å². The van der Waals surface area contributed by atoms with Crippen LogP contribution in [0.25, 0.3) is 11.3 Å². The lowest BCUT2D eigenvalue weighted by molar-refractivity contribution is -0.274. The molecule has 1 aromatic carbocycles.